The number of hydrogen-bond donors (Lipinski definition) is 1. The number of carbonyl (C=O) groups excluding carboxylic acids is 1. The second-order valence-corrected chi connectivity index (χ2v) is 8.82. The largest absolute Gasteiger partial charge is 0.342 e. The molecule has 5 nitrogen and oxygen atoms in total. The topological polar surface area (TPSA) is 59.8 Å². The Balaban J connectivity index is 1.67. The molecular weight excluding hydrogens is 440 g/mol. The van der Waals surface area contributed by atoms with Gasteiger partial charge in [0.25, 0.3) is 5.91 Å². The summed E-state index contributed by atoms with van der Waals surface area (Å²) in [5.74, 6) is 1.24. The van der Waals surface area contributed by atoms with Gasteiger partial charge in [-0.15, -0.1) is 10.2 Å². The molecule has 4 rings (SSSR count). The number of hydrogen-bond acceptors (Lipinski definition) is 4. The van der Waals surface area contributed by atoms with Gasteiger partial charge in [-0.2, -0.15) is 0 Å². The maximum atomic E-state index is 12.7. The van der Waals surface area contributed by atoms with Gasteiger partial charge in [-0.05, 0) is 49.2 Å². The van der Waals surface area contributed by atoms with Gasteiger partial charge in [0.2, 0.25) is 0 Å². The third-order valence-electron chi connectivity index (χ3n) is 5.05. The predicted octanol–water partition coefficient (Wildman–Crippen LogP) is 6.01. The first-order chi connectivity index (χ1) is 15.5. The van der Waals surface area contributed by atoms with Crippen LogP contribution in [0.3, 0.4) is 0 Å². The molecule has 1 atom stereocenters. The van der Waals surface area contributed by atoms with E-state index in [0.717, 1.165) is 22.2 Å². The Morgan fingerprint density at radius 1 is 1.03 bits per heavy atom. The van der Waals surface area contributed by atoms with Crippen molar-refractivity contribution in [2.24, 2.45) is 0 Å². The summed E-state index contributed by atoms with van der Waals surface area (Å²) in [6.07, 6.45) is 0. The van der Waals surface area contributed by atoms with E-state index in [9.17, 15) is 4.79 Å². The van der Waals surface area contributed by atoms with E-state index in [2.05, 4.69) is 27.6 Å². The van der Waals surface area contributed by atoms with E-state index < -0.39 is 0 Å². The van der Waals surface area contributed by atoms with Crippen LogP contribution < -0.4 is 5.32 Å². The van der Waals surface area contributed by atoms with E-state index in [4.69, 9.17) is 11.6 Å². The zero-order valence-electron chi connectivity index (χ0n) is 17.8. The molecule has 0 radical (unpaired) electrons. The fourth-order valence-corrected chi connectivity index (χ4v) is 4.44. The van der Waals surface area contributed by atoms with Crippen LogP contribution >= 0.6 is 23.4 Å². The molecule has 0 aliphatic heterocycles. The van der Waals surface area contributed by atoms with Crippen LogP contribution in [0.2, 0.25) is 5.02 Å². The second kappa shape index (κ2) is 10.0. The zero-order valence-corrected chi connectivity index (χ0v) is 19.4. The Kier molecular flexibility index (Phi) is 6.93. The van der Waals surface area contributed by atoms with Crippen molar-refractivity contribution in [1.82, 2.24) is 20.1 Å². The van der Waals surface area contributed by atoms with E-state index in [0.29, 0.717) is 16.4 Å². The molecule has 7 heteroatoms. The van der Waals surface area contributed by atoms with Gasteiger partial charge in [-0.25, -0.2) is 0 Å². The molecule has 3 aromatic carbocycles. The molecule has 4 aromatic rings. The quantitative estimate of drug-likeness (QED) is 0.341. The molecule has 0 saturated carbocycles. The average Bonchev–Trinajstić information content (AvgIpc) is 3.24. The lowest BCUT2D eigenvalue weighted by molar-refractivity contribution is 0.0938. The number of carbonyl (C=O) groups is 1. The van der Waals surface area contributed by atoms with Crippen molar-refractivity contribution in [3.05, 3.63) is 106 Å². The van der Waals surface area contributed by atoms with Crippen molar-refractivity contribution < 1.29 is 4.79 Å². The Bertz CT molecular complexity index is 1210. The first kappa shape index (κ1) is 22.1. The molecule has 32 heavy (non-hydrogen) atoms. The molecule has 0 aliphatic carbocycles. The summed E-state index contributed by atoms with van der Waals surface area (Å²) < 4.78 is 1.99. The molecule has 0 aliphatic rings. The predicted molar refractivity (Wildman–Crippen MR) is 129 cm³/mol. The fraction of sp³-hybridized carbons (Fsp3) is 0.160. The smallest absolute Gasteiger partial charge is 0.251 e. The number of halogens is 1. The van der Waals surface area contributed by atoms with E-state index >= 15 is 0 Å². The molecule has 1 heterocycles. The van der Waals surface area contributed by atoms with Crippen LogP contribution in [0.1, 0.15) is 40.3 Å². The van der Waals surface area contributed by atoms with Gasteiger partial charge in [-0.3, -0.25) is 9.36 Å². The van der Waals surface area contributed by atoms with Crippen LogP contribution in [0.25, 0.3) is 5.69 Å². The molecular formula is C25H23ClN4OS. The number of amides is 1. The molecule has 162 valence electrons. The number of benzene rings is 3. The minimum absolute atomic E-state index is 0.158. The molecule has 1 N–H and O–H groups in total. The minimum atomic E-state index is -0.361. The van der Waals surface area contributed by atoms with Crippen LogP contribution in [0.4, 0.5) is 0 Å². The summed E-state index contributed by atoms with van der Waals surface area (Å²) in [4.78, 5) is 12.7. The van der Waals surface area contributed by atoms with Crippen LogP contribution in [-0.4, -0.2) is 20.7 Å². The van der Waals surface area contributed by atoms with Gasteiger partial charge in [0, 0.05) is 16.3 Å². The lowest BCUT2D eigenvalue weighted by Gasteiger charge is -2.18. The Hall–Kier alpha value is -3.09. The van der Waals surface area contributed by atoms with Crippen molar-refractivity contribution in [2.75, 3.05) is 0 Å². The third-order valence-corrected chi connectivity index (χ3v) is 6.29. The molecule has 0 fully saturated rings. The summed E-state index contributed by atoms with van der Waals surface area (Å²) in [6.45, 7) is 3.93. The minimum Gasteiger partial charge on any atom is -0.342 e. The number of thioether (sulfide) groups is 1. The normalized spacial score (nSPS) is 11.8. The summed E-state index contributed by atoms with van der Waals surface area (Å²) in [6, 6.07) is 24.7. The van der Waals surface area contributed by atoms with Crippen molar-refractivity contribution in [2.45, 2.75) is 30.8 Å². The average molecular weight is 463 g/mol. The number of nitrogens with zero attached hydrogens (tertiary/aromatic N) is 3. The fourth-order valence-electron chi connectivity index (χ4n) is 3.36. The van der Waals surface area contributed by atoms with Gasteiger partial charge in [0.1, 0.15) is 0 Å². The maximum Gasteiger partial charge on any atom is 0.251 e. The Morgan fingerprint density at radius 3 is 2.44 bits per heavy atom. The third kappa shape index (κ3) is 5.03. The molecule has 0 bridgehead atoms. The highest BCUT2D eigenvalue weighted by molar-refractivity contribution is 7.98. The first-order valence-corrected chi connectivity index (χ1v) is 11.6. The summed E-state index contributed by atoms with van der Waals surface area (Å²) >= 11 is 7.92. The monoisotopic (exact) mass is 462 g/mol. The highest BCUT2D eigenvalue weighted by Gasteiger charge is 2.22. The maximum absolute atomic E-state index is 12.7. The van der Waals surface area contributed by atoms with Crippen molar-refractivity contribution in [3.8, 4) is 5.69 Å². The summed E-state index contributed by atoms with van der Waals surface area (Å²) in [5.41, 5.74) is 3.73. The lowest BCUT2D eigenvalue weighted by Crippen LogP contribution is -2.28. The van der Waals surface area contributed by atoms with E-state index in [-0.39, 0.29) is 11.9 Å². The number of aryl methyl sites for hydroxylation is 1. The van der Waals surface area contributed by atoms with E-state index in [1.54, 1.807) is 23.9 Å². The highest BCUT2D eigenvalue weighted by atomic mass is 35.5. The lowest BCUT2D eigenvalue weighted by atomic mass is 10.1. The first-order valence-electron chi connectivity index (χ1n) is 10.3. The Labute approximate surface area is 196 Å². The van der Waals surface area contributed by atoms with Crippen molar-refractivity contribution in [3.63, 3.8) is 0 Å². The van der Waals surface area contributed by atoms with E-state index in [1.165, 1.54) is 5.56 Å². The molecule has 0 spiro atoms. The van der Waals surface area contributed by atoms with Gasteiger partial charge in [0.15, 0.2) is 11.0 Å². The van der Waals surface area contributed by atoms with Gasteiger partial charge in [-0.1, -0.05) is 78.0 Å². The molecule has 1 unspecified atom stereocenters. The second-order valence-electron chi connectivity index (χ2n) is 7.44. The zero-order chi connectivity index (χ0) is 22.5. The highest BCUT2D eigenvalue weighted by Crippen LogP contribution is 2.30. The van der Waals surface area contributed by atoms with Crippen LogP contribution in [0, 0.1) is 6.92 Å². The number of nitrogens with one attached hydrogen (secondary N) is 1. The Morgan fingerprint density at radius 2 is 1.72 bits per heavy atom. The summed E-state index contributed by atoms with van der Waals surface area (Å²) in [7, 11) is 0. The van der Waals surface area contributed by atoms with Gasteiger partial charge in [0.05, 0.1) is 11.7 Å². The number of aromatic nitrogens is 3. The van der Waals surface area contributed by atoms with Crippen molar-refractivity contribution in [1.29, 1.82) is 0 Å². The SMILES string of the molecule is Cc1ccc(Cl)cc1-n1c(SCc2ccccc2)nnc1C(C)NC(=O)c1ccccc1. The molecule has 1 aromatic heterocycles. The number of rotatable bonds is 7. The van der Waals surface area contributed by atoms with E-state index in [1.807, 2.05) is 73.0 Å². The standard InChI is InChI=1S/C25H23ClN4OS/c1-17-13-14-21(26)15-22(17)30-23(18(2)27-24(31)20-11-7-4-8-12-20)28-29-25(30)32-16-19-9-5-3-6-10-19/h3-15,18H,16H2,1-2H3,(H,27,31). The van der Waals surface area contributed by atoms with Gasteiger partial charge < -0.3 is 5.32 Å². The van der Waals surface area contributed by atoms with Crippen LogP contribution in [0.5, 0.6) is 0 Å². The van der Waals surface area contributed by atoms with Gasteiger partial charge >= 0.3 is 0 Å². The molecule has 0 saturated heterocycles. The summed E-state index contributed by atoms with van der Waals surface area (Å²) in [5, 5.41) is 13.3. The van der Waals surface area contributed by atoms with Crippen molar-refractivity contribution >= 4 is 29.3 Å². The van der Waals surface area contributed by atoms with Crippen LogP contribution in [0.15, 0.2) is 84.0 Å². The van der Waals surface area contributed by atoms with Crippen LogP contribution in [-0.2, 0) is 5.75 Å². The molecule has 1 amide bonds.